The predicted molar refractivity (Wildman–Crippen MR) is 113 cm³/mol. The first-order valence-corrected chi connectivity index (χ1v) is 10.1. The van der Waals surface area contributed by atoms with Crippen LogP contribution in [0.3, 0.4) is 0 Å². The van der Waals surface area contributed by atoms with Crippen molar-refractivity contribution in [2.45, 2.75) is 13.3 Å². The second-order valence-electron chi connectivity index (χ2n) is 6.66. The second kappa shape index (κ2) is 7.73. The van der Waals surface area contributed by atoms with E-state index >= 15 is 0 Å². The van der Waals surface area contributed by atoms with Crippen molar-refractivity contribution in [2.75, 3.05) is 16.8 Å². The molecule has 0 aliphatic carbocycles. The SMILES string of the molecule is Cc1sc(NC(=O)[C@H]2CC(=O)N(c3cccc(Cl)c3)C2)nc1-c1ccccc1. The molecule has 0 bridgehead atoms. The summed E-state index contributed by atoms with van der Waals surface area (Å²) in [6.07, 6.45) is 0.175. The van der Waals surface area contributed by atoms with Crippen molar-refractivity contribution in [2.24, 2.45) is 5.92 Å². The molecule has 28 heavy (non-hydrogen) atoms. The Morgan fingerprint density at radius 1 is 1.21 bits per heavy atom. The van der Waals surface area contributed by atoms with E-state index in [0.717, 1.165) is 16.1 Å². The van der Waals surface area contributed by atoms with Crippen molar-refractivity contribution in [1.82, 2.24) is 4.98 Å². The van der Waals surface area contributed by atoms with Crippen LogP contribution in [0.2, 0.25) is 5.02 Å². The highest BCUT2D eigenvalue weighted by molar-refractivity contribution is 7.16. The van der Waals surface area contributed by atoms with Crippen molar-refractivity contribution >= 4 is 45.6 Å². The fourth-order valence-electron chi connectivity index (χ4n) is 3.30. The quantitative estimate of drug-likeness (QED) is 0.673. The number of aromatic nitrogens is 1. The summed E-state index contributed by atoms with van der Waals surface area (Å²) in [6.45, 7) is 2.32. The molecule has 1 aliphatic heterocycles. The van der Waals surface area contributed by atoms with E-state index in [9.17, 15) is 9.59 Å². The van der Waals surface area contributed by atoms with Crippen molar-refractivity contribution in [3.63, 3.8) is 0 Å². The van der Waals surface area contributed by atoms with Crippen LogP contribution in [0.1, 0.15) is 11.3 Å². The van der Waals surface area contributed by atoms with Crippen LogP contribution in [0.25, 0.3) is 11.3 Å². The Morgan fingerprint density at radius 2 is 2.00 bits per heavy atom. The number of aryl methyl sites for hydroxylation is 1. The summed E-state index contributed by atoms with van der Waals surface area (Å²) in [6, 6.07) is 17.0. The van der Waals surface area contributed by atoms with Crippen LogP contribution in [0.4, 0.5) is 10.8 Å². The zero-order valence-electron chi connectivity index (χ0n) is 15.2. The fraction of sp³-hybridized carbons (Fsp3) is 0.190. The smallest absolute Gasteiger partial charge is 0.231 e. The van der Waals surface area contributed by atoms with Crippen molar-refractivity contribution in [1.29, 1.82) is 0 Å². The molecular weight excluding hydrogens is 394 g/mol. The Balaban J connectivity index is 1.47. The molecule has 5 nitrogen and oxygen atoms in total. The van der Waals surface area contributed by atoms with E-state index in [0.29, 0.717) is 22.4 Å². The lowest BCUT2D eigenvalue weighted by atomic mass is 10.1. The molecule has 0 spiro atoms. The summed E-state index contributed by atoms with van der Waals surface area (Å²) in [5, 5.41) is 3.99. The molecule has 4 rings (SSSR count). The monoisotopic (exact) mass is 411 g/mol. The Morgan fingerprint density at radius 3 is 2.75 bits per heavy atom. The van der Waals surface area contributed by atoms with Crippen LogP contribution in [-0.2, 0) is 9.59 Å². The number of carbonyl (C=O) groups excluding carboxylic acids is 2. The number of nitrogens with one attached hydrogen (secondary N) is 1. The molecule has 2 amide bonds. The van der Waals surface area contributed by atoms with Gasteiger partial charge in [0.25, 0.3) is 0 Å². The number of halogens is 1. The molecule has 0 saturated carbocycles. The lowest BCUT2D eigenvalue weighted by molar-refractivity contribution is -0.122. The van der Waals surface area contributed by atoms with Crippen molar-refractivity contribution in [3.8, 4) is 11.3 Å². The van der Waals surface area contributed by atoms with Crippen LogP contribution in [0, 0.1) is 12.8 Å². The number of thiazole rings is 1. The standard InChI is InChI=1S/C21H18ClN3O2S/c1-13-19(14-6-3-2-4-7-14)23-21(28-13)24-20(27)15-10-18(26)25(12-15)17-9-5-8-16(22)11-17/h2-9,11,15H,10,12H2,1H3,(H,23,24,27)/t15-/m0/s1. The second-order valence-corrected chi connectivity index (χ2v) is 8.30. The molecule has 2 heterocycles. The first-order valence-electron chi connectivity index (χ1n) is 8.91. The molecule has 1 aromatic heterocycles. The van der Waals surface area contributed by atoms with Gasteiger partial charge in [0, 0.05) is 34.1 Å². The molecule has 142 valence electrons. The van der Waals surface area contributed by atoms with Gasteiger partial charge in [0.1, 0.15) is 0 Å². The summed E-state index contributed by atoms with van der Waals surface area (Å²) in [5.41, 5.74) is 2.59. The Labute approximate surface area is 172 Å². The van der Waals surface area contributed by atoms with Gasteiger partial charge in [-0.15, -0.1) is 11.3 Å². The predicted octanol–water partition coefficient (Wildman–Crippen LogP) is 4.76. The highest BCUT2D eigenvalue weighted by atomic mass is 35.5. The normalized spacial score (nSPS) is 16.4. The van der Waals surface area contributed by atoms with Crippen LogP contribution in [-0.4, -0.2) is 23.3 Å². The molecule has 7 heteroatoms. The highest BCUT2D eigenvalue weighted by Crippen LogP contribution is 2.32. The molecule has 1 N–H and O–H groups in total. The largest absolute Gasteiger partial charge is 0.312 e. The topological polar surface area (TPSA) is 62.3 Å². The van der Waals surface area contributed by atoms with Crippen LogP contribution < -0.4 is 10.2 Å². The van der Waals surface area contributed by atoms with Crippen molar-refractivity contribution < 1.29 is 9.59 Å². The zero-order valence-corrected chi connectivity index (χ0v) is 16.8. The number of hydrogen-bond acceptors (Lipinski definition) is 4. The van der Waals surface area contributed by atoms with Gasteiger partial charge in [0.2, 0.25) is 11.8 Å². The molecular formula is C21H18ClN3O2S. The maximum Gasteiger partial charge on any atom is 0.231 e. The summed E-state index contributed by atoms with van der Waals surface area (Å²) >= 11 is 7.46. The molecule has 2 aromatic carbocycles. The Kier molecular flexibility index (Phi) is 5.15. The van der Waals surface area contributed by atoms with E-state index < -0.39 is 5.92 Å². The van der Waals surface area contributed by atoms with E-state index in [-0.39, 0.29) is 18.2 Å². The van der Waals surface area contributed by atoms with Gasteiger partial charge in [-0.25, -0.2) is 4.98 Å². The maximum atomic E-state index is 12.7. The van der Waals surface area contributed by atoms with E-state index in [1.165, 1.54) is 11.3 Å². The summed E-state index contributed by atoms with van der Waals surface area (Å²) < 4.78 is 0. The van der Waals surface area contributed by atoms with E-state index in [2.05, 4.69) is 10.3 Å². The lowest BCUT2D eigenvalue weighted by Crippen LogP contribution is -2.28. The molecule has 1 fully saturated rings. The molecule has 1 atom stereocenters. The summed E-state index contributed by atoms with van der Waals surface area (Å²) in [7, 11) is 0. The van der Waals surface area contributed by atoms with Gasteiger partial charge in [0.05, 0.1) is 11.6 Å². The van der Waals surface area contributed by atoms with Gasteiger partial charge in [-0.1, -0.05) is 48.0 Å². The zero-order chi connectivity index (χ0) is 19.7. The molecule has 0 unspecified atom stereocenters. The number of hydrogen-bond donors (Lipinski definition) is 1. The highest BCUT2D eigenvalue weighted by Gasteiger charge is 2.35. The Hall–Kier alpha value is -2.70. The van der Waals surface area contributed by atoms with Gasteiger partial charge >= 0.3 is 0 Å². The first-order chi connectivity index (χ1) is 13.5. The third-order valence-electron chi connectivity index (χ3n) is 4.69. The average Bonchev–Trinajstić information content (AvgIpc) is 3.25. The van der Waals surface area contributed by atoms with Gasteiger partial charge < -0.3 is 10.2 Å². The third-order valence-corrected chi connectivity index (χ3v) is 5.81. The van der Waals surface area contributed by atoms with E-state index in [1.54, 1.807) is 23.1 Å². The third kappa shape index (κ3) is 3.79. The van der Waals surface area contributed by atoms with Gasteiger partial charge in [-0.05, 0) is 25.1 Å². The number of nitrogens with zero attached hydrogens (tertiary/aromatic N) is 2. The lowest BCUT2D eigenvalue weighted by Gasteiger charge is -2.16. The molecule has 3 aromatic rings. The summed E-state index contributed by atoms with van der Waals surface area (Å²) in [4.78, 5) is 32.3. The van der Waals surface area contributed by atoms with Crippen molar-refractivity contribution in [3.05, 3.63) is 64.5 Å². The van der Waals surface area contributed by atoms with Gasteiger partial charge in [-0.3, -0.25) is 9.59 Å². The number of carbonyl (C=O) groups is 2. The number of anilines is 2. The minimum atomic E-state index is -0.420. The molecule has 1 saturated heterocycles. The van der Waals surface area contributed by atoms with Crippen LogP contribution in [0.5, 0.6) is 0 Å². The summed E-state index contributed by atoms with van der Waals surface area (Å²) in [5.74, 6) is -0.690. The average molecular weight is 412 g/mol. The molecule has 1 aliphatic rings. The van der Waals surface area contributed by atoms with E-state index in [1.807, 2.05) is 43.3 Å². The first kappa shape index (κ1) is 18.7. The van der Waals surface area contributed by atoms with Gasteiger partial charge in [0.15, 0.2) is 5.13 Å². The minimum absolute atomic E-state index is 0.0808. The van der Waals surface area contributed by atoms with E-state index in [4.69, 9.17) is 11.6 Å². The minimum Gasteiger partial charge on any atom is -0.312 e. The molecule has 0 radical (unpaired) electrons. The number of benzene rings is 2. The fourth-order valence-corrected chi connectivity index (χ4v) is 4.32. The van der Waals surface area contributed by atoms with Crippen LogP contribution >= 0.6 is 22.9 Å². The number of amides is 2. The number of rotatable bonds is 4. The Bertz CT molecular complexity index is 1040. The van der Waals surface area contributed by atoms with Gasteiger partial charge in [-0.2, -0.15) is 0 Å². The maximum absolute atomic E-state index is 12.7. The van der Waals surface area contributed by atoms with Crippen LogP contribution in [0.15, 0.2) is 54.6 Å².